The Kier molecular flexibility index (Phi) is 3.19. The molecule has 0 unspecified atom stereocenters. The van der Waals surface area contributed by atoms with Crippen LogP contribution in [0.15, 0.2) is 60.7 Å². The fraction of sp³-hybridized carbons (Fsp3) is 0.278. The lowest BCUT2D eigenvalue weighted by atomic mass is 9.65. The highest BCUT2D eigenvalue weighted by Crippen LogP contribution is 2.44. The summed E-state index contributed by atoms with van der Waals surface area (Å²) in [5.41, 5.74) is 3.14. The molecule has 1 aliphatic carbocycles. The lowest BCUT2D eigenvalue weighted by Crippen LogP contribution is -2.30. The van der Waals surface area contributed by atoms with E-state index in [1.54, 1.807) is 0 Å². The van der Waals surface area contributed by atoms with Gasteiger partial charge in [0, 0.05) is 5.41 Å². The van der Waals surface area contributed by atoms with Gasteiger partial charge in [-0.1, -0.05) is 73.5 Å². The lowest BCUT2D eigenvalue weighted by molar-refractivity contribution is 0.400. The van der Waals surface area contributed by atoms with Crippen molar-refractivity contribution in [2.24, 2.45) is 0 Å². The van der Waals surface area contributed by atoms with E-state index in [2.05, 4.69) is 67.1 Å². The molecule has 0 nitrogen and oxygen atoms in total. The molecule has 0 aromatic heterocycles. The second-order valence-corrected chi connectivity index (χ2v) is 5.20. The van der Waals surface area contributed by atoms with Gasteiger partial charge < -0.3 is 0 Å². The molecule has 3 rings (SSSR count). The number of benzene rings is 2. The summed E-state index contributed by atoms with van der Waals surface area (Å²) >= 11 is 0. The highest BCUT2D eigenvalue weighted by atomic mass is 14.4. The van der Waals surface area contributed by atoms with Crippen molar-refractivity contribution in [2.45, 2.75) is 31.1 Å². The first-order valence-electron chi connectivity index (χ1n) is 6.84. The first kappa shape index (κ1) is 11.5. The Hall–Kier alpha value is -1.56. The van der Waals surface area contributed by atoms with Crippen molar-refractivity contribution in [1.82, 2.24) is 0 Å². The van der Waals surface area contributed by atoms with Crippen LogP contribution in [0.5, 0.6) is 0 Å². The Labute approximate surface area is 110 Å². The van der Waals surface area contributed by atoms with Crippen molar-refractivity contribution in [3.05, 3.63) is 78.2 Å². The number of rotatable bonds is 2. The first-order valence-corrected chi connectivity index (χ1v) is 6.84. The molecule has 0 atom stereocenters. The minimum atomic E-state index is 0.209. The molecule has 18 heavy (non-hydrogen) atoms. The van der Waals surface area contributed by atoms with E-state index < -0.39 is 0 Å². The smallest absolute Gasteiger partial charge is 0.0205 e. The number of hydrogen-bond acceptors (Lipinski definition) is 0. The van der Waals surface area contributed by atoms with Gasteiger partial charge in [-0.25, -0.2) is 0 Å². The molecule has 1 radical (unpaired) electrons. The fourth-order valence-electron chi connectivity index (χ4n) is 3.20. The summed E-state index contributed by atoms with van der Waals surface area (Å²) in [6.45, 7) is 0. The van der Waals surface area contributed by atoms with Gasteiger partial charge in [0.25, 0.3) is 0 Å². The van der Waals surface area contributed by atoms with Crippen molar-refractivity contribution in [3.63, 3.8) is 0 Å². The zero-order valence-electron chi connectivity index (χ0n) is 10.7. The Morgan fingerprint density at radius 3 is 1.72 bits per heavy atom. The van der Waals surface area contributed by atoms with Crippen molar-refractivity contribution >= 4 is 0 Å². The highest BCUT2D eigenvalue weighted by molar-refractivity contribution is 5.40. The third-order valence-corrected chi connectivity index (χ3v) is 4.16. The molecule has 1 fully saturated rings. The van der Waals surface area contributed by atoms with E-state index in [0.29, 0.717) is 0 Å². The van der Waals surface area contributed by atoms with Gasteiger partial charge in [0.15, 0.2) is 0 Å². The van der Waals surface area contributed by atoms with Crippen LogP contribution < -0.4 is 0 Å². The maximum atomic E-state index is 2.46. The van der Waals surface area contributed by atoms with Gasteiger partial charge in [-0.2, -0.15) is 0 Å². The maximum Gasteiger partial charge on any atom is 0.0205 e. The van der Waals surface area contributed by atoms with Gasteiger partial charge in [0.2, 0.25) is 0 Å². The highest BCUT2D eigenvalue weighted by Gasteiger charge is 2.35. The standard InChI is InChI=1S/C18H19/c1-4-10-16(11-5-1)18(14-8-3-9-15-18)17-12-6-2-7-13-17/h1-2,4-8,10-13H,3,9,14-15H2. The second-order valence-electron chi connectivity index (χ2n) is 5.20. The normalized spacial score (nSPS) is 18.4. The van der Waals surface area contributed by atoms with E-state index in [1.807, 2.05) is 0 Å². The van der Waals surface area contributed by atoms with Crippen LogP contribution in [-0.4, -0.2) is 0 Å². The average Bonchev–Trinajstić information content (AvgIpc) is 2.50. The van der Waals surface area contributed by atoms with Crippen LogP contribution in [0.25, 0.3) is 0 Å². The summed E-state index contributed by atoms with van der Waals surface area (Å²) in [7, 11) is 0. The molecule has 0 aliphatic heterocycles. The van der Waals surface area contributed by atoms with Gasteiger partial charge in [-0.15, -0.1) is 0 Å². The zero-order valence-corrected chi connectivity index (χ0v) is 10.7. The van der Waals surface area contributed by atoms with E-state index in [0.717, 1.165) is 0 Å². The summed E-state index contributed by atoms with van der Waals surface area (Å²) < 4.78 is 0. The molecule has 2 aromatic rings. The van der Waals surface area contributed by atoms with Crippen molar-refractivity contribution in [2.75, 3.05) is 0 Å². The third-order valence-electron chi connectivity index (χ3n) is 4.16. The molecule has 0 amide bonds. The predicted molar refractivity (Wildman–Crippen MR) is 76.4 cm³/mol. The Balaban J connectivity index is 2.10. The van der Waals surface area contributed by atoms with Crippen LogP contribution in [0.2, 0.25) is 0 Å². The third kappa shape index (κ3) is 1.96. The molecule has 0 bridgehead atoms. The van der Waals surface area contributed by atoms with Crippen molar-refractivity contribution in [1.29, 1.82) is 0 Å². The molecule has 1 saturated carbocycles. The van der Waals surface area contributed by atoms with Crippen LogP contribution >= 0.6 is 0 Å². The summed E-state index contributed by atoms with van der Waals surface area (Å²) in [6.07, 6.45) is 7.45. The molecule has 91 valence electrons. The van der Waals surface area contributed by atoms with E-state index in [4.69, 9.17) is 0 Å². The first-order chi connectivity index (χ1) is 8.92. The SMILES string of the molecule is [CH]1CCCC(c2ccccc2)(c2ccccc2)C1. The largest absolute Gasteiger partial charge is 0.0622 e. The molecule has 0 spiro atoms. The van der Waals surface area contributed by atoms with E-state index in [-0.39, 0.29) is 5.41 Å². The minimum Gasteiger partial charge on any atom is -0.0622 e. The topological polar surface area (TPSA) is 0 Å². The van der Waals surface area contributed by atoms with Crippen LogP contribution in [0.1, 0.15) is 36.8 Å². The monoisotopic (exact) mass is 235 g/mol. The molecule has 0 N–H and O–H groups in total. The molecular formula is C18H19. The van der Waals surface area contributed by atoms with Crippen LogP contribution in [0.4, 0.5) is 0 Å². The quantitative estimate of drug-likeness (QED) is 0.704. The van der Waals surface area contributed by atoms with Crippen LogP contribution in [0, 0.1) is 6.42 Å². The molecular weight excluding hydrogens is 216 g/mol. The van der Waals surface area contributed by atoms with Gasteiger partial charge in [-0.3, -0.25) is 0 Å². The summed E-state index contributed by atoms with van der Waals surface area (Å²) in [5, 5.41) is 0. The fourth-order valence-corrected chi connectivity index (χ4v) is 3.20. The van der Waals surface area contributed by atoms with Gasteiger partial charge >= 0.3 is 0 Å². The Bertz CT molecular complexity index is 436. The van der Waals surface area contributed by atoms with Crippen molar-refractivity contribution in [3.8, 4) is 0 Å². The minimum absolute atomic E-state index is 0.209. The molecule has 0 heteroatoms. The maximum absolute atomic E-state index is 2.46. The summed E-state index contributed by atoms with van der Waals surface area (Å²) in [6, 6.07) is 22.0. The van der Waals surface area contributed by atoms with Gasteiger partial charge in [0.05, 0.1) is 0 Å². The van der Waals surface area contributed by atoms with Crippen LogP contribution in [-0.2, 0) is 5.41 Å². The van der Waals surface area contributed by atoms with E-state index in [9.17, 15) is 0 Å². The summed E-state index contributed by atoms with van der Waals surface area (Å²) in [4.78, 5) is 0. The van der Waals surface area contributed by atoms with Gasteiger partial charge in [0.1, 0.15) is 0 Å². The van der Waals surface area contributed by atoms with Crippen molar-refractivity contribution < 1.29 is 0 Å². The van der Waals surface area contributed by atoms with E-state index >= 15 is 0 Å². The number of hydrogen-bond donors (Lipinski definition) is 0. The molecule has 2 aromatic carbocycles. The predicted octanol–water partition coefficient (Wildman–Crippen LogP) is 4.75. The van der Waals surface area contributed by atoms with Gasteiger partial charge in [-0.05, 0) is 30.4 Å². The molecule has 0 saturated heterocycles. The Morgan fingerprint density at radius 2 is 1.28 bits per heavy atom. The molecule has 0 heterocycles. The zero-order chi connectivity index (χ0) is 12.3. The molecule has 1 aliphatic rings. The second kappa shape index (κ2) is 4.97. The van der Waals surface area contributed by atoms with E-state index in [1.165, 1.54) is 36.8 Å². The average molecular weight is 235 g/mol. The lowest BCUT2D eigenvalue weighted by Gasteiger charge is -2.38. The Morgan fingerprint density at radius 1 is 0.722 bits per heavy atom. The summed E-state index contributed by atoms with van der Waals surface area (Å²) in [5.74, 6) is 0. The van der Waals surface area contributed by atoms with Crippen LogP contribution in [0.3, 0.4) is 0 Å².